The molecular weight excluding hydrogens is 244 g/mol. The van der Waals surface area contributed by atoms with Gasteiger partial charge in [0, 0.05) is 25.5 Å². The van der Waals surface area contributed by atoms with E-state index in [-0.39, 0.29) is 11.7 Å². The molecule has 2 atom stereocenters. The zero-order chi connectivity index (χ0) is 14.0. The van der Waals surface area contributed by atoms with Crippen LogP contribution >= 0.6 is 0 Å². The summed E-state index contributed by atoms with van der Waals surface area (Å²) in [7, 11) is 3.31. The molecule has 1 N–H and O–H groups in total. The van der Waals surface area contributed by atoms with E-state index in [0.717, 1.165) is 23.5 Å². The van der Waals surface area contributed by atoms with Crippen LogP contribution in [-0.4, -0.2) is 31.0 Å². The summed E-state index contributed by atoms with van der Waals surface area (Å²) in [5.41, 5.74) is 0.541. The van der Waals surface area contributed by atoms with E-state index >= 15 is 0 Å². The van der Waals surface area contributed by atoms with Crippen molar-refractivity contribution in [1.29, 1.82) is 0 Å². The fourth-order valence-electron chi connectivity index (χ4n) is 2.38. The standard InChI is InChI=1S/C15H22O4/c1-15(2,18-4)9-11-8-13(16)12-7-10(17-3)5-6-14(12)19-11/h5-7,11,13,16H,8-9H2,1-4H3/t11?,13-/m0/s1. The van der Waals surface area contributed by atoms with Crippen LogP contribution in [-0.2, 0) is 4.74 Å². The molecule has 0 aromatic heterocycles. The number of benzene rings is 1. The maximum atomic E-state index is 10.2. The van der Waals surface area contributed by atoms with Crippen LogP contribution in [0, 0.1) is 0 Å². The number of fused-ring (bicyclic) bond motifs is 1. The van der Waals surface area contributed by atoms with Gasteiger partial charge in [-0.05, 0) is 32.0 Å². The molecule has 1 heterocycles. The van der Waals surface area contributed by atoms with E-state index in [4.69, 9.17) is 14.2 Å². The second-order valence-electron chi connectivity index (χ2n) is 5.56. The van der Waals surface area contributed by atoms with Crippen molar-refractivity contribution in [2.75, 3.05) is 14.2 Å². The Bertz CT molecular complexity index is 442. The molecule has 0 aliphatic carbocycles. The highest BCUT2D eigenvalue weighted by Gasteiger charge is 2.31. The highest BCUT2D eigenvalue weighted by atomic mass is 16.5. The van der Waals surface area contributed by atoms with Crippen LogP contribution in [0.2, 0.25) is 0 Å². The van der Waals surface area contributed by atoms with Crippen LogP contribution in [0.1, 0.15) is 38.4 Å². The quantitative estimate of drug-likeness (QED) is 0.910. The average molecular weight is 266 g/mol. The maximum absolute atomic E-state index is 10.2. The van der Waals surface area contributed by atoms with E-state index < -0.39 is 6.10 Å². The van der Waals surface area contributed by atoms with Crippen molar-refractivity contribution in [2.45, 2.75) is 44.5 Å². The van der Waals surface area contributed by atoms with Crippen LogP contribution in [0.25, 0.3) is 0 Å². The molecule has 0 radical (unpaired) electrons. The first kappa shape index (κ1) is 14.2. The van der Waals surface area contributed by atoms with Gasteiger partial charge in [0.1, 0.15) is 17.6 Å². The van der Waals surface area contributed by atoms with Gasteiger partial charge in [-0.1, -0.05) is 0 Å². The molecule has 4 heteroatoms. The average Bonchev–Trinajstić information content (AvgIpc) is 2.38. The van der Waals surface area contributed by atoms with E-state index in [2.05, 4.69) is 0 Å². The van der Waals surface area contributed by atoms with Gasteiger partial charge in [0.15, 0.2) is 0 Å². The SMILES string of the molecule is COc1ccc2c(c1)[C@@H](O)CC(CC(C)(C)OC)O2. The van der Waals surface area contributed by atoms with Gasteiger partial charge in [-0.25, -0.2) is 0 Å². The van der Waals surface area contributed by atoms with E-state index in [1.54, 1.807) is 14.2 Å². The minimum absolute atomic E-state index is 0.0363. The van der Waals surface area contributed by atoms with E-state index in [9.17, 15) is 5.11 Å². The Labute approximate surface area is 114 Å². The zero-order valence-corrected chi connectivity index (χ0v) is 12.0. The van der Waals surface area contributed by atoms with E-state index in [1.165, 1.54) is 0 Å². The minimum atomic E-state index is -0.517. The van der Waals surface area contributed by atoms with Crippen LogP contribution in [0.4, 0.5) is 0 Å². The molecule has 1 aromatic rings. The molecule has 0 spiro atoms. The largest absolute Gasteiger partial charge is 0.497 e. The number of aliphatic hydroxyl groups is 1. The maximum Gasteiger partial charge on any atom is 0.125 e. The molecule has 1 aliphatic heterocycles. The van der Waals surface area contributed by atoms with Crippen molar-refractivity contribution in [2.24, 2.45) is 0 Å². The molecule has 4 nitrogen and oxygen atoms in total. The van der Waals surface area contributed by atoms with Gasteiger partial charge in [-0.3, -0.25) is 0 Å². The van der Waals surface area contributed by atoms with Crippen molar-refractivity contribution in [1.82, 2.24) is 0 Å². The second kappa shape index (κ2) is 5.39. The first-order chi connectivity index (χ1) is 8.95. The van der Waals surface area contributed by atoms with Gasteiger partial charge < -0.3 is 19.3 Å². The Morgan fingerprint density at radius 1 is 1.37 bits per heavy atom. The van der Waals surface area contributed by atoms with Crippen LogP contribution in [0.5, 0.6) is 11.5 Å². The van der Waals surface area contributed by atoms with Gasteiger partial charge in [0.05, 0.1) is 18.8 Å². The summed E-state index contributed by atoms with van der Waals surface area (Å²) < 4.78 is 16.5. The number of rotatable bonds is 4. The van der Waals surface area contributed by atoms with Crippen molar-refractivity contribution in [3.8, 4) is 11.5 Å². The molecule has 1 unspecified atom stereocenters. The van der Waals surface area contributed by atoms with Gasteiger partial charge in [-0.2, -0.15) is 0 Å². The molecule has 0 saturated carbocycles. The number of aliphatic hydroxyl groups excluding tert-OH is 1. The zero-order valence-electron chi connectivity index (χ0n) is 12.0. The minimum Gasteiger partial charge on any atom is -0.497 e. The Morgan fingerprint density at radius 3 is 2.74 bits per heavy atom. The predicted molar refractivity (Wildman–Crippen MR) is 72.7 cm³/mol. The van der Waals surface area contributed by atoms with Gasteiger partial charge >= 0.3 is 0 Å². The van der Waals surface area contributed by atoms with E-state index in [0.29, 0.717) is 6.42 Å². The highest BCUT2D eigenvalue weighted by Crippen LogP contribution is 2.39. The molecule has 0 amide bonds. The van der Waals surface area contributed by atoms with Gasteiger partial charge in [0.2, 0.25) is 0 Å². The van der Waals surface area contributed by atoms with Crippen LogP contribution < -0.4 is 9.47 Å². The number of methoxy groups -OCH3 is 2. The molecule has 0 bridgehead atoms. The smallest absolute Gasteiger partial charge is 0.125 e. The fourth-order valence-corrected chi connectivity index (χ4v) is 2.38. The number of hydrogen-bond donors (Lipinski definition) is 1. The first-order valence-corrected chi connectivity index (χ1v) is 6.53. The van der Waals surface area contributed by atoms with Crippen molar-refractivity contribution in [3.63, 3.8) is 0 Å². The van der Waals surface area contributed by atoms with Gasteiger partial charge in [0.25, 0.3) is 0 Å². The van der Waals surface area contributed by atoms with Crippen molar-refractivity contribution < 1.29 is 19.3 Å². The van der Waals surface area contributed by atoms with Crippen LogP contribution in [0.15, 0.2) is 18.2 Å². The predicted octanol–water partition coefficient (Wildman–Crippen LogP) is 2.69. The molecule has 0 fully saturated rings. The lowest BCUT2D eigenvalue weighted by atomic mass is 9.92. The molecule has 1 aliphatic rings. The molecule has 19 heavy (non-hydrogen) atoms. The number of ether oxygens (including phenoxy) is 3. The molecule has 2 rings (SSSR count). The van der Waals surface area contributed by atoms with Crippen LogP contribution in [0.3, 0.4) is 0 Å². The summed E-state index contributed by atoms with van der Waals surface area (Å²) in [6.07, 6.45) is 0.765. The monoisotopic (exact) mass is 266 g/mol. The summed E-state index contributed by atoms with van der Waals surface area (Å²) in [5.74, 6) is 1.47. The van der Waals surface area contributed by atoms with Crippen molar-refractivity contribution >= 4 is 0 Å². The number of hydrogen-bond acceptors (Lipinski definition) is 4. The Morgan fingerprint density at radius 2 is 2.11 bits per heavy atom. The third kappa shape index (κ3) is 3.19. The second-order valence-corrected chi connectivity index (χ2v) is 5.56. The summed E-state index contributed by atoms with van der Waals surface area (Å²) in [5, 5.41) is 10.2. The summed E-state index contributed by atoms with van der Waals surface area (Å²) in [6, 6.07) is 5.52. The topological polar surface area (TPSA) is 47.9 Å². The third-order valence-electron chi connectivity index (χ3n) is 3.63. The Balaban J connectivity index is 2.16. The lowest BCUT2D eigenvalue weighted by molar-refractivity contribution is -0.0312. The lowest BCUT2D eigenvalue weighted by Gasteiger charge is -2.34. The van der Waals surface area contributed by atoms with E-state index in [1.807, 2.05) is 32.0 Å². The Hall–Kier alpha value is -1.26. The molecule has 1 aromatic carbocycles. The van der Waals surface area contributed by atoms with Gasteiger partial charge in [-0.15, -0.1) is 0 Å². The lowest BCUT2D eigenvalue weighted by Crippen LogP contribution is -2.35. The normalized spacial score (nSPS) is 22.6. The molecule has 0 saturated heterocycles. The first-order valence-electron chi connectivity index (χ1n) is 6.53. The fraction of sp³-hybridized carbons (Fsp3) is 0.600. The molecular formula is C15H22O4. The summed E-state index contributed by atoms with van der Waals surface area (Å²) in [6.45, 7) is 4.04. The third-order valence-corrected chi connectivity index (χ3v) is 3.63. The highest BCUT2D eigenvalue weighted by molar-refractivity contribution is 5.43. The summed E-state index contributed by atoms with van der Waals surface area (Å²) in [4.78, 5) is 0. The molecule has 106 valence electrons. The Kier molecular flexibility index (Phi) is 4.02. The summed E-state index contributed by atoms with van der Waals surface area (Å²) >= 11 is 0. The van der Waals surface area contributed by atoms with Crippen molar-refractivity contribution in [3.05, 3.63) is 23.8 Å².